The molecule has 0 aliphatic rings. The Kier molecular flexibility index (Phi) is 7.59. The monoisotopic (exact) mass is 508 g/mol. The molecule has 0 saturated carbocycles. The quantitative estimate of drug-likeness (QED) is 0.466. The summed E-state index contributed by atoms with van der Waals surface area (Å²) in [6.45, 7) is -0.0737. The summed E-state index contributed by atoms with van der Waals surface area (Å²) in [5, 5.41) is 2.51. The Labute approximate surface area is 201 Å². The molecule has 3 rings (SSSR count). The molecule has 0 unspecified atom stereocenters. The highest BCUT2D eigenvalue weighted by atomic mass is 32.2. The number of hydrogen-bond donors (Lipinski definition) is 1. The summed E-state index contributed by atoms with van der Waals surface area (Å²) in [5.74, 6) is -0.389. The Balaban J connectivity index is 2.07. The summed E-state index contributed by atoms with van der Waals surface area (Å²) in [6.07, 6.45) is -3.52. The van der Waals surface area contributed by atoms with E-state index in [1.807, 2.05) is 0 Å². The number of anilines is 2. The summed E-state index contributed by atoms with van der Waals surface area (Å²) < 4.78 is 75.7. The van der Waals surface area contributed by atoms with Gasteiger partial charge in [-0.3, -0.25) is 9.10 Å². The van der Waals surface area contributed by atoms with Crippen LogP contribution in [-0.4, -0.2) is 34.8 Å². The molecule has 0 saturated heterocycles. The summed E-state index contributed by atoms with van der Waals surface area (Å²) in [6, 6.07) is 15.3. The Morgan fingerprint density at radius 1 is 0.943 bits per heavy atom. The van der Waals surface area contributed by atoms with E-state index in [1.165, 1.54) is 26.4 Å². The molecule has 186 valence electrons. The first kappa shape index (κ1) is 25.9. The van der Waals surface area contributed by atoms with Crippen LogP contribution in [0.15, 0.2) is 66.7 Å². The van der Waals surface area contributed by atoms with Crippen LogP contribution >= 0.6 is 0 Å². The van der Waals surface area contributed by atoms with Crippen LogP contribution in [-0.2, 0) is 22.7 Å². The summed E-state index contributed by atoms with van der Waals surface area (Å²) in [4.78, 5) is 13.2. The van der Waals surface area contributed by atoms with Crippen molar-refractivity contribution in [2.75, 3.05) is 30.1 Å². The standard InChI is InChI=1S/C24H23F3N2O5S/c1-33-21-13-19(23(30)28-18-11-9-17(10-12-18)24(25,26)27)20(14-22(21)34-2)29(35(3,31)32)15-16-7-5-4-6-8-16/h4-14H,15H2,1-3H3,(H,28,30). The van der Waals surface area contributed by atoms with E-state index in [9.17, 15) is 26.4 Å². The maximum atomic E-state index is 13.2. The van der Waals surface area contributed by atoms with Gasteiger partial charge in [-0.05, 0) is 35.9 Å². The molecule has 3 aromatic carbocycles. The number of alkyl halides is 3. The van der Waals surface area contributed by atoms with Gasteiger partial charge in [0, 0.05) is 11.8 Å². The van der Waals surface area contributed by atoms with Gasteiger partial charge in [0.25, 0.3) is 5.91 Å². The SMILES string of the molecule is COc1cc(C(=O)Nc2ccc(C(F)(F)F)cc2)c(N(Cc2ccccc2)S(C)(=O)=O)cc1OC. The van der Waals surface area contributed by atoms with Gasteiger partial charge >= 0.3 is 6.18 Å². The van der Waals surface area contributed by atoms with E-state index in [-0.39, 0.29) is 35.0 Å². The fraction of sp³-hybridized carbons (Fsp3) is 0.208. The highest BCUT2D eigenvalue weighted by Gasteiger charge is 2.30. The highest BCUT2D eigenvalue weighted by molar-refractivity contribution is 7.92. The van der Waals surface area contributed by atoms with Gasteiger partial charge in [0.2, 0.25) is 10.0 Å². The molecule has 11 heteroatoms. The number of halogens is 3. The zero-order valence-corrected chi connectivity index (χ0v) is 19.9. The van der Waals surface area contributed by atoms with Gasteiger partial charge in [0.15, 0.2) is 11.5 Å². The third-order valence-corrected chi connectivity index (χ3v) is 6.18. The van der Waals surface area contributed by atoms with Gasteiger partial charge in [-0.25, -0.2) is 8.42 Å². The highest BCUT2D eigenvalue weighted by Crippen LogP contribution is 2.37. The van der Waals surface area contributed by atoms with Gasteiger partial charge < -0.3 is 14.8 Å². The predicted octanol–water partition coefficient (Wildman–Crippen LogP) is 4.94. The zero-order valence-electron chi connectivity index (χ0n) is 19.1. The van der Waals surface area contributed by atoms with E-state index < -0.39 is 27.7 Å². The van der Waals surface area contributed by atoms with Gasteiger partial charge in [0.05, 0.1) is 43.8 Å². The van der Waals surface area contributed by atoms with Gasteiger partial charge in [0.1, 0.15) is 0 Å². The van der Waals surface area contributed by atoms with Crippen molar-refractivity contribution in [1.82, 2.24) is 0 Å². The second kappa shape index (κ2) is 10.3. The summed E-state index contributed by atoms with van der Waals surface area (Å²) in [7, 11) is -1.16. The molecule has 1 amide bonds. The van der Waals surface area contributed by atoms with Gasteiger partial charge in [-0.15, -0.1) is 0 Å². The normalized spacial score (nSPS) is 11.6. The molecule has 0 bridgehead atoms. The van der Waals surface area contributed by atoms with Crippen LogP contribution in [0.4, 0.5) is 24.5 Å². The smallest absolute Gasteiger partial charge is 0.416 e. The lowest BCUT2D eigenvalue weighted by Gasteiger charge is -2.26. The van der Waals surface area contributed by atoms with E-state index in [0.717, 1.165) is 34.8 Å². The Morgan fingerprint density at radius 2 is 1.51 bits per heavy atom. The first-order valence-corrected chi connectivity index (χ1v) is 12.0. The molecule has 0 fully saturated rings. The van der Waals surface area contributed by atoms with Crippen LogP contribution in [0.25, 0.3) is 0 Å². The maximum Gasteiger partial charge on any atom is 0.416 e. The molecule has 0 aliphatic carbocycles. The van der Waals surface area contributed by atoms with E-state index in [1.54, 1.807) is 30.3 Å². The van der Waals surface area contributed by atoms with Gasteiger partial charge in [-0.1, -0.05) is 30.3 Å². The minimum absolute atomic E-state index is 0.0124. The molecule has 0 atom stereocenters. The van der Waals surface area contributed by atoms with Crippen molar-refractivity contribution >= 4 is 27.3 Å². The number of ether oxygens (including phenoxy) is 2. The van der Waals surface area contributed by atoms with Crippen LogP contribution < -0.4 is 19.1 Å². The Hall–Kier alpha value is -3.73. The number of nitrogens with zero attached hydrogens (tertiary/aromatic N) is 1. The summed E-state index contributed by atoms with van der Waals surface area (Å²) in [5.41, 5.74) is -0.171. The Morgan fingerprint density at radius 3 is 2.03 bits per heavy atom. The largest absolute Gasteiger partial charge is 0.493 e. The van der Waals surface area contributed by atoms with Crippen molar-refractivity contribution in [3.05, 3.63) is 83.4 Å². The third-order valence-electron chi connectivity index (χ3n) is 5.05. The lowest BCUT2D eigenvalue weighted by Crippen LogP contribution is -2.31. The topological polar surface area (TPSA) is 84.9 Å². The van der Waals surface area contributed by atoms with Crippen molar-refractivity contribution < 1.29 is 35.9 Å². The lowest BCUT2D eigenvalue weighted by molar-refractivity contribution is -0.137. The zero-order chi connectivity index (χ0) is 25.8. The minimum atomic E-state index is -4.52. The minimum Gasteiger partial charge on any atom is -0.493 e. The maximum absolute atomic E-state index is 13.2. The van der Waals surface area contributed by atoms with Gasteiger partial charge in [-0.2, -0.15) is 13.2 Å². The molecule has 0 radical (unpaired) electrons. The molecule has 1 N–H and O–H groups in total. The number of carbonyl (C=O) groups is 1. The summed E-state index contributed by atoms with van der Waals surface area (Å²) >= 11 is 0. The third kappa shape index (κ3) is 6.24. The van der Waals surface area contributed by atoms with E-state index in [0.29, 0.717) is 5.56 Å². The molecule has 0 aliphatic heterocycles. The van der Waals surface area contributed by atoms with Crippen molar-refractivity contribution in [2.45, 2.75) is 12.7 Å². The fourth-order valence-corrected chi connectivity index (χ4v) is 4.22. The number of methoxy groups -OCH3 is 2. The van der Waals surface area contributed by atoms with Crippen molar-refractivity contribution in [3.63, 3.8) is 0 Å². The van der Waals surface area contributed by atoms with Crippen LogP contribution in [0.2, 0.25) is 0 Å². The van der Waals surface area contributed by atoms with E-state index >= 15 is 0 Å². The Bertz CT molecular complexity index is 1300. The van der Waals surface area contributed by atoms with Crippen LogP contribution in [0.3, 0.4) is 0 Å². The van der Waals surface area contributed by atoms with Crippen LogP contribution in [0, 0.1) is 0 Å². The van der Waals surface area contributed by atoms with Crippen molar-refractivity contribution in [3.8, 4) is 11.5 Å². The molecule has 0 spiro atoms. The molecule has 0 aromatic heterocycles. The van der Waals surface area contributed by atoms with E-state index in [2.05, 4.69) is 5.32 Å². The molecule has 7 nitrogen and oxygen atoms in total. The number of carbonyl (C=O) groups excluding carboxylic acids is 1. The second-order valence-electron chi connectivity index (χ2n) is 7.51. The average Bonchev–Trinajstić information content (AvgIpc) is 2.81. The number of hydrogen-bond acceptors (Lipinski definition) is 5. The second-order valence-corrected chi connectivity index (χ2v) is 9.42. The van der Waals surface area contributed by atoms with Crippen LogP contribution in [0.1, 0.15) is 21.5 Å². The molecule has 35 heavy (non-hydrogen) atoms. The number of benzene rings is 3. The van der Waals surface area contributed by atoms with Crippen molar-refractivity contribution in [2.24, 2.45) is 0 Å². The molecule has 3 aromatic rings. The fourth-order valence-electron chi connectivity index (χ4n) is 3.33. The first-order valence-electron chi connectivity index (χ1n) is 10.2. The average molecular weight is 509 g/mol. The molecular formula is C24H23F3N2O5S. The van der Waals surface area contributed by atoms with Crippen molar-refractivity contribution in [1.29, 1.82) is 0 Å². The molecular weight excluding hydrogens is 485 g/mol. The van der Waals surface area contributed by atoms with Crippen LogP contribution in [0.5, 0.6) is 11.5 Å². The number of amides is 1. The lowest BCUT2D eigenvalue weighted by atomic mass is 10.1. The van der Waals surface area contributed by atoms with E-state index in [4.69, 9.17) is 9.47 Å². The number of sulfonamides is 1. The number of nitrogens with one attached hydrogen (secondary N) is 1. The predicted molar refractivity (Wildman–Crippen MR) is 126 cm³/mol. The molecule has 0 heterocycles. The first-order chi connectivity index (χ1) is 16.4. The number of rotatable bonds is 8.